The van der Waals surface area contributed by atoms with Gasteiger partial charge in [0, 0.05) is 41.8 Å². The van der Waals surface area contributed by atoms with E-state index < -0.39 is 10.0 Å². The van der Waals surface area contributed by atoms with E-state index in [2.05, 4.69) is 11.4 Å². The van der Waals surface area contributed by atoms with Crippen molar-refractivity contribution in [3.63, 3.8) is 0 Å². The lowest BCUT2D eigenvalue weighted by Crippen LogP contribution is -2.68. The van der Waals surface area contributed by atoms with Gasteiger partial charge in [-0.3, -0.25) is 4.31 Å². The van der Waals surface area contributed by atoms with Crippen molar-refractivity contribution in [1.82, 2.24) is 0 Å². The van der Waals surface area contributed by atoms with Gasteiger partial charge >= 0.3 is 0 Å². The number of benzene rings is 1. The number of anilines is 2. The molecular weight excluding hydrogens is 324 g/mol. The van der Waals surface area contributed by atoms with Crippen LogP contribution >= 0.6 is 0 Å². The molecule has 5 nitrogen and oxygen atoms in total. The number of nitrogens with zero attached hydrogens (tertiary/aromatic N) is 1. The Balaban J connectivity index is 1.46. The van der Waals surface area contributed by atoms with Crippen LogP contribution < -0.4 is 9.62 Å². The highest BCUT2D eigenvalue weighted by Crippen LogP contribution is 2.63. The molecule has 0 unspecified atom stereocenters. The maximum atomic E-state index is 12.0. The standard InChI is InChI=1S/C18H24N2O3S/c1-24(21,22)20-10-6-12-14(4-2-5-15(12)20)19-16-13-7-11-23-17(13)18(16)8-3-9-18/h2,4-5,13,16-17,19H,3,6-11H2,1H3/t13-,16-,17-/m1/s1. The van der Waals surface area contributed by atoms with E-state index in [1.54, 1.807) is 0 Å². The summed E-state index contributed by atoms with van der Waals surface area (Å²) >= 11 is 0. The smallest absolute Gasteiger partial charge is 0.232 e. The number of hydrogen-bond donors (Lipinski definition) is 1. The SMILES string of the molecule is CS(=O)(=O)N1CCc2c(N[C@@H]3[C@H]4CCO[C@H]4C34CCC4)cccc21. The van der Waals surface area contributed by atoms with Crippen LogP contribution in [0.3, 0.4) is 0 Å². The van der Waals surface area contributed by atoms with E-state index in [1.807, 2.05) is 12.1 Å². The van der Waals surface area contributed by atoms with Gasteiger partial charge in [-0.05, 0) is 37.8 Å². The highest BCUT2D eigenvalue weighted by molar-refractivity contribution is 7.92. The lowest BCUT2D eigenvalue weighted by molar-refractivity contribution is -0.158. The van der Waals surface area contributed by atoms with Gasteiger partial charge in [-0.2, -0.15) is 0 Å². The van der Waals surface area contributed by atoms with Crippen molar-refractivity contribution in [2.45, 2.75) is 44.2 Å². The van der Waals surface area contributed by atoms with Crippen molar-refractivity contribution < 1.29 is 13.2 Å². The zero-order valence-corrected chi connectivity index (χ0v) is 14.8. The largest absolute Gasteiger partial charge is 0.381 e. The summed E-state index contributed by atoms with van der Waals surface area (Å²) in [5.41, 5.74) is 3.46. The van der Waals surface area contributed by atoms with Gasteiger partial charge in [0.2, 0.25) is 10.0 Å². The van der Waals surface area contributed by atoms with Crippen LogP contribution in [0.4, 0.5) is 11.4 Å². The first-order valence-corrected chi connectivity index (χ1v) is 10.8. The first-order chi connectivity index (χ1) is 11.5. The average molecular weight is 348 g/mol. The molecule has 0 amide bonds. The molecule has 1 spiro atoms. The second kappa shape index (κ2) is 4.88. The predicted molar refractivity (Wildman–Crippen MR) is 93.9 cm³/mol. The van der Waals surface area contributed by atoms with Crippen LogP contribution in [0.5, 0.6) is 0 Å². The molecule has 2 saturated carbocycles. The van der Waals surface area contributed by atoms with Gasteiger partial charge in [0.1, 0.15) is 0 Å². The quantitative estimate of drug-likeness (QED) is 0.911. The Kier molecular flexibility index (Phi) is 3.06. The van der Waals surface area contributed by atoms with Gasteiger partial charge in [-0.15, -0.1) is 0 Å². The Labute approximate surface area is 143 Å². The molecule has 5 rings (SSSR count). The normalized spacial score (nSPS) is 32.9. The number of sulfonamides is 1. The Morgan fingerprint density at radius 1 is 1.33 bits per heavy atom. The molecule has 2 aliphatic heterocycles. The maximum Gasteiger partial charge on any atom is 0.232 e. The summed E-state index contributed by atoms with van der Waals surface area (Å²) in [6, 6.07) is 6.49. The third-order valence-electron chi connectivity index (χ3n) is 6.73. The van der Waals surface area contributed by atoms with E-state index in [0.29, 0.717) is 30.0 Å². The molecule has 1 aromatic carbocycles. The Bertz CT molecular complexity index is 787. The van der Waals surface area contributed by atoms with Gasteiger partial charge in [-0.25, -0.2) is 8.42 Å². The van der Waals surface area contributed by atoms with Crippen molar-refractivity contribution in [3.8, 4) is 0 Å². The Morgan fingerprint density at radius 2 is 2.17 bits per heavy atom. The van der Waals surface area contributed by atoms with Crippen LogP contribution in [0.25, 0.3) is 0 Å². The van der Waals surface area contributed by atoms with Crippen LogP contribution in [-0.2, 0) is 21.2 Å². The van der Waals surface area contributed by atoms with Crippen molar-refractivity contribution in [2.24, 2.45) is 11.3 Å². The molecule has 130 valence electrons. The summed E-state index contributed by atoms with van der Waals surface area (Å²) in [4.78, 5) is 0. The summed E-state index contributed by atoms with van der Waals surface area (Å²) in [5, 5.41) is 3.81. The van der Waals surface area contributed by atoms with E-state index >= 15 is 0 Å². The van der Waals surface area contributed by atoms with Crippen LogP contribution in [0, 0.1) is 11.3 Å². The van der Waals surface area contributed by atoms with Crippen LogP contribution in [0.1, 0.15) is 31.2 Å². The molecule has 6 heteroatoms. The second-order valence-electron chi connectivity index (χ2n) is 7.84. The van der Waals surface area contributed by atoms with E-state index in [9.17, 15) is 8.42 Å². The van der Waals surface area contributed by atoms with E-state index in [-0.39, 0.29) is 0 Å². The number of hydrogen-bond acceptors (Lipinski definition) is 4. The van der Waals surface area contributed by atoms with Gasteiger partial charge in [0.25, 0.3) is 0 Å². The summed E-state index contributed by atoms with van der Waals surface area (Å²) < 4.78 is 31.5. The third kappa shape index (κ3) is 1.87. The zero-order chi connectivity index (χ0) is 16.5. The summed E-state index contributed by atoms with van der Waals surface area (Å²) in [6.45, 7) is 1.45. The predicted octanol–water partition coefficient (Wildman–Crippen LogP) is 2.38. The number of nitrogens with one attached hydrogen (secondary N) is 1. The highest BCUT2D eigenvalue weighted by Gasteiger charge is 2.66. The fourth-order valence-corrected chi connectivity index (χ4v) is 6.46. The fourth-order valence-electron chi connectivity index (χ4n) is 5.51. The summed E-state index contributed by atoms with van der Waals surface area (Å²) in [7, 11) is -3.20. The fraction of sp³-hybridized carbons (Fsp3) is 0.667. The van der Waals surface area contributed by atoms with Gasteiger partial charge in [0.15, 0.2) is 0 Å². The number of rotatable bonds is 3. The topological polar surface area (TPSA) is 58.6 Å². The van der Waals surface area contributed by atoms with Crippen molar-refractivity contribution in [1.29, 1.82) is 0 Å². The third-order valence-corrected chi connectivity index (χ3v) is 7.91. The van der Waals surface area contributed by atoms with E-state index in [4.69, 9.17) is 4.74 Å². The van der Waals surface area contributed by atoms with Crippen molar-refractivity contribution in [3.05, 3.63) is 23.8 Å². The van der Waals surface area contributed by atoms with Crippen molar-refractivity contribution >= 4 is 21.4 Å². The Hall–Kier alpha value is -1.27. The lowest BCUT2D eigenvalue weighted by Gasteiger charge is -2.63. The van der Waals surface area contributed by atoms with E-state index in [0.717, 1.165) is 36.4 Å². The first-order valence-electron chi connectivity index (χ1n) is 8.98. The number of fused-ring (bicyclic) bond motifs is 3. The first kappa shape index (κ1) is 15.0. The van der Waals surface area contributed by atoms with Crippen LogP contribution in [-0.4, -0.2) is 40.0 Å². The molecule has 0 aromatic heterocycles. The lowest BCUT2D eigenvalue weighted by atomic mass is 9.46. The average Bonchev–Trinajstić information content (AvgIpc) is 3.07. The number of ether oxygens (including phenoxy) is 1. The maximum absolute atomic E-state index is 12.0. The molecule has 0 bridgehead atoms. The molecule has 2 aliphatic carbocycles. The Morgan fingerprint density at radius 3 is 2.88 bits per heavy atom. The highest BCUT2D eigenvalue weighted by atomic mass is 32.2. The minimum absolute atomic E-state index is 0.332. The molecular formula is C18H24N2O3S. The van der Waals surface area contributed by atoms with Gasteiger partial charge in [0.05, 0.1) is 18.0 Å². The van der Waals surface area contributed by atoms with Crippen LogP contribution in [0.15, 0.2) is 18.2 Å². The second-order valence-corrected chi connectivity index (χ2v) is 9.75. The van der Waals surface area contributed by atoms with Gasteiger partial charge < -0.3 is 10.1 Å². The minimum Gasteiger partial charge on any atom is -0.381 e. The molecule has 4 aliphatic rings. The molecule has 1 N–H and O–H groups in total. The molecule has 2 heterocycles. The zero-order valence-electron chi connectivity index (χ0n) is 14.0. The van der Waals surface area contributed by atoms with Crippen molar-refractivity contribution in [2.75, 3.05) is 29.0 Å². The molecule has 24 heavy (non-hydrogen) atoms. The van der Waals surface area contributed by atoms with Crippen LogP contribution in [0.2, 0.25) is 0 Å². The molecule has 3 atom stereocenters. The molecule has 3 fully saturated rings. The molecule has 0 radical (unpaired) electrons. The molecule has 1 saturated heterocycles. The summed E-state index contributed by atoms with van der Waals surface area (Å²) in [6.07, 6.45) is 7.50. The van der Waals surface area contributed by atoms with E-state index in [1.165, 1.54) is 29.8 Å². The van der Waals surface area contributed by atoms with Gasteiger partial charge in [-0.1, -0.05) is 12.5 Å². The monoisotopic (exact) mass is 348 g/mol. The molecule has 1 aromatic rings. The summed E-state index contributed by atoms with van der Waals surface area (Å²) in [5.74, 6) is 0.619. The minimum atomic E-state index is -3.20.